The maximum absolute atomic E-state index is 12.2. The Hall–Kier alpha value is -2.68. The Morgan fingerprint density at radius 3 is 2.76 bits per heavy atom. The van der Waals surface area contributed by atoms with Crippen LogP contribution >= 0.6 is 0 Å². The molecule has 1 aliphatic rings. The van der Waals surface area contributed by atoms with E-state index >= 15 is 0 Å². The third kappa shape index (κ3) is 4.24. The summed E-state index contributed by atoms with van der Waals surface area (Å²) in [6.07, 6.45) is 3.70. The van der Waals surface area contributed by atoms with Crippen molar-refractivity contribution in [3.05, 3.63) is 46.0 Å². The summed E-state index contributed by atoms with van der Waals surface area (Å²) < 4.78 is 7.01. The lowest BCUT2D eigenvalue weighted by atomic mass is 10.2. The number of furan rings is 1. The largest absolute Gasteiger partial charge is 0.465 e. The summed E-state index contributed by atoms with van der Waals surface area (Å²) in [6, 6.07) is 5.13. The van der Waals surface area contributed by atoms with Gasteiger partial charge in [0.15, 0.2) is 0 Å². The Morgan fingerprint density at radius 2 is 2.16 bits per heavy atom. The first kappa shape index (κ1) is 17.2. The molecule has 0 radical (unpaired) electrons. The van der Waals surface area contributed by atoms with E-state index in [1.54, 1.807) is 0 Å². The summed E-state index contributed by atoms with van der Waals surface area (Å²) in [5.74, 6) is 1.17. The van der Waals surface area contributed by atoms with Gasteiger partial charge in [0.05, 0.1) is 23.4 Å². The fourth-order valence-electron chi connectivity index (χ4n) is 3.05. The molecule has 0 unspecified atom stereocenters. The molecule has 9 nitrogen and oxygen atoms in total. The van der Waals surface area contributed by atoms with Crippen LogP contribution in [0, 0.1) is 17.0 Å². The fraction of sp³-hybridized carbons (Fsp3) is 0.500. The summed E-state index contributed by atoms with van der Waals surface area (Å²) in [5, 5.41) is 17.3. The molecule has 25 heavy (non-hydrogen) atoms. The molecule has 1 N–H and O–H groups in total. The molecular formula is C16H21N5O4. The molecule has 0 aromatic carbocycles. The number of hydrogen-bond donors (Lipinski definition) is 1. The number of aryl methyl sites for hydroxylation is 1. The highest BCUT2D eigenvalue weighted by Crippen LogP contribution is 2.26. The maximum Gasteiger partial charge on any atom is 0.389 e. The van der Waals surface area contributed by atoms with Gasteiger partial charge in [-0.2, -0.15) is 4.68 Å². The second kappa shape index (κ2) is 7.47. The number of carbonyl (C=O) groups excluding carboxylic acids is 1. The van der Waals surface area contributed by atoms with Crippen LogP contribution in [0.2, 0.25) is 0 Å². The van der Waals surface area contributed by atoms with Crippen LogP contribution in [0.4, 0.5) is 5.82 Å². The first-order chi connectivity index (χ1) is 12.0. The number of nitrogens with one attached hydrogen (secondary N) is 1. The van der Waals surface area contributed by atoms with Gasteiger partial charge in [0.25, 0.3) is 0 Å². The van der Waals surface area contributed by atoms with Crippen molar-refractivity contribution in [3.8, 4) is 0 Å². The molecule has 3 rings (SSSR count). The zero-order valence-corrected chi connectivity index (χ0v) is 14.1. The molecular weight excluding hydrogens is 326 g/mol. The van der Waals surface area contributed by atoms with Crippen LogP contribution in [0.15, 0.2) is 28.8 Å². The summed E-state index contributed by atoms with van der Waals surface area (Å²) in [7, 11) is 0. The monoisotopic (exact) mass is 347 g/mol. The first-order valence-electron chi connectivity index (χ1n) is 8.28. The van der Waals surface area contributed by atoms with Gasteiger partial charge in [0.1, 0.15) is 18.1 Å². The average Bonchev–Trinajstić information content (AvgIpc) is 3.29. The van der Waals surface area contributed by atoms with E-state index in [1.807, 2.05) is 19.1 Å². The van der Waals surface area contributed by atoms with Gasteiger partial charge in [-0.15, -0.1) is 0 Å². The molecule has 134 valence electrons. The van der Waals surface area contributed by atoms with Gasteiger partial charge in [-0.25, -0.2) is 0 Å². The molecule has 0 spiro atoms. The molecule has 0 bridgehead atoms. The van der Waals surface area contributed by atoms with Crippen molar-refractivity contribution in [2.45, 2.75) is 32.4 Å². The Bertz CT molecular complexity index is 747. The van der Waals surface area contributed by atoms with Gasteiger partial charge in [0, 0.05) is 6.54 Å². The van der Waals surface area contributed by atoms with Gasteiger partial charge in [-0.1, -0.05) is 0 Å². The second-order valence-corrected chi connectivity index (χ2v) is 6.14. The van der Waals surface area contributed by atoms with E-state index in [2.05, 4.69) is 15.3 Å². The van der Waals surface area contributed by atoms with Crippen molar-refractivity contribution in [2.24, 2.45) is 0 Å². The van der Waals surface area contributed by atoms with Gasteiger partial charge in [-0.3, -0.25) is 9.69 Å². The number of likely N-dealkylation sites (tertiary alicyclic amines) is 1. The molecule has 3 heterocycles. The summed E-state index contributed by atoms with van der Waals surface area (Å²) in [6.45, 7) is 4.22. The van der Waals surface area contributed by atoms with Crippen LogP contribution in [-0.2, 0) is 11.3 Å². The van der Waals surface area contributed by atoms with Gasteiger partial charge in [-0.05, 0) is 49.9 Å². The van der Waals surface area contributed by atoms with Crippen molar-refractivity contribution >= 4 is 11.7 Å². The quantitative estimate of drug-likeness (QED) is 0.603. The standard InChI is InChI=1S/C16H21N5O4/c1-12-4-5-14(25-12)13(19-7-2-3-8-19)10-17-16(22)11-20-9-6-15(18-20)21(23)24/h4-6,9,13H,2-3,7-8,10-11H2,1H3,(H,17,22)/t13-/m1/s1. The van der Waals surface area contributed by atoms with Crippen LogP contribution < -0.4 is 5.32 Å². The van der Waals surface area contributed by atoms with Crippen molar-refractivity contribution < 1.29 is 14.1 Å². The summed E-state index contributed by atoms with van der Waals surface area (Å²) in [5.41, 5.74) is 0. The molecule has 0 aliphatic carbocycles. The van der Waals surface area contributed by atoms with Gasteiger partial charge >= 0.3 is 5.82 Å². The normalized spacial score (nSPS) is 16.0. The minimum atomic E-state index is -0.586. The predicted molar refractivity (Wildman–Crippen MR) is 88.9 cm³/mol. The molecule has 1 amide bonds. The predicted octanol–water partition coefficient (Wildman–Crippen LogP) is 1.65. The fourth-order valence-corrected chi connectivity index (χ4v) is 3.05. The van der Waals surface area contributed by atoms with E-state index in [0.717, 1.165) is 37.5 Å². The molecule has 1 saturated heterocycles. The first-order valence-corrected chi connectivity index (χ1v) is 8.28. The topological polar surface area (TPSA) is 106 Å². The van der Waals surface area contributed by atoms with E-state index in [4.69, 9.17) is 4.42 Å². The van der Waals surface area contributed by atoms with Crippen LogP contribution in [0.25, 0.3) is 0 Å². The number of nitro groups is 1. The molecule has 2 aromatic rings. The molecule has 0 saturated carbocycles. The highest BCUT2D eigenvalue weighted by molar-refractivity contribution is 5.75. The third-order valence-corrected chi connectivity index (χ3v) is 4.28. The Balaban J connectivity index is 1.59. The molecule has 1 fully saturated rings. The summed E-state index contributed by atoms with van der Waals surface area (Å²) >= 11 is 0. The molecule has 9 heteroatoms. The molecule has 1 atom stereocenters. The van der Waals surface area contributed by atoms with E-state index < -0.39 is 4.92 Å². The van der Waals surface area contributed by atoms with Gasteiger partial charge < -0.3 is 19.8 Å². The number of carbonyl (C=O) groups is 1. The SMILES string of the molecule is Cc1ccc([C@@H](CNC(=O)Cn2ccc([N+](=O)[O-])n2)N2CCCC2)o1. The number of hydrogen-bond acceptors (Lipinski definition) is 6. The Labute approximate surface area is 144 Å². The summed E-state index contributed by atoms with van der Waals surface area (Å²) in [4.78, 5) is 24.5. The van der Waals surface area contributed by atoms with E-state index in [9.17, 15) is 14.9 Å². The van der Waals surface area contributed by atoms with Gasteiger partial charge in [0.2, 0.25) is 5.91 Å². The number of aromatic nitrogens is 2. The van der Waals surface area contributed by atoms with Crippen molar-refractivity contribution in [1.82, 2.24) is 20.0 Å². The smallest absolute Gasteiger partial charge is 0.389 e. The lowest BCUT2D eigenvalue weighted by Crippen LogP contribution is -2.38. The van der Waals surface area contributed by atoms with Crippen LogP contribution in [0.3, 0.4) is 0 Å². The van der Waals surface area contributed by atoms with E-state index in [-0.39, 0.29) is 24.3 Å². The lowest BCUT2D eigenvalue weighted by molar-refractivity contribution is -0.389. The Kier molecular flexibility index (Phi) is 5.13. The number of rotatable bonds is 7. The Morgan fingerprint density at radius 1 is 1.40 bits per heavy atom. The zero-order valence-electron chi connectivity index (χ0n) is 14.1. The van der Waals surface area contributed by atoms with Crippen molar-refractivity contribution in [3.63, 3.8) is 0 Å². The lowest BCUT2D eigenvalue weighted by Gasteiger charge is -2.26. The van der Waals surface area contributed by atoms with Crippen LogP contribution in [0.1, 0.15) is 30.4 Å². The average molecular weight is 347 g/mol. The highest BCUT2D eigenvalue weighted by Gasteiger charge is 2.26. The maximum atomic E-state index is 12.2. The van der Waals surface area contributed by atoms with Crippen molar-refractivity contribution in [2.75, 3.05) is 19.6 Å². The minimum Gasteiger partial charge on any atom is -0.465 e. The highest BCUT2D eigenvalue weighted by atomic mass is 16.6. The third-order valence-electron chi connectivity index (χ3n) is 4.28. The second-order valence-electron chi connectivity index (χ2n) is 6.14. The number of amides is 1. The van der Waals surface area contributed by atoms with Crippen LogP contribution in [-0.4, -0.2) is 45.1 Å². The van der Waals surface area contributed by atoms with Crippen molar-refractivity contribution in [1.29, 1.82) is 0 Å². The zero-order chi connectivity index (χ0) is 17.8. The molecule has 1 aliphatic heterocycles. The van der Waals surface area contributed by atoms with E-state index in [1.165, 1.54) is 16.9 Å². The number of nitrogens with zero attached hydrogens (tertiary/aromatic N) is 4. The van der Waals surface area contributed by atoms with E-state index in [0.29, 0.717) is 6.54 Å². The van der Waals surface area contributed by atoms with Crippen LogP contribution in [0.5, 0.6) is 0 Å². The minimum absolute atomic E-state index is 0.00731. The molecule has 2 aromatic heterocycles.